The molecule has 0 bridgehead atoms. The van der Waals surface area contributed by atoms with Crippen LogP contribution in [0.4, 0.5) is 11.4 Å². The Kier molecular flexibility index (Phi) is 6.80. The van der Waals surface area contributed by atoms with Gasteiger partial charge in [-0.1, -0.05) is 127 Å². The van der Waals surface area contributed by atoms with Gasteiger partial charge in [-0.05, 0) is 102 Å². The van der Waals surface area contributed by atoms with E-state index in [1.807, 2.05) is 0 Å². The van der Waals surface area contributed by atoms with E-state index >= 15 is 0 Å². The minimum absolute atomic E-state index is 0.373. The van der Waals surface area contributed by atoms with Crippen molar-refractivity contribution >= 4 is 38.9 Å². The summed E-state index contributed by atoms with van der Waals surface area (Å²) in [6.45, 7) is 0. The number of nitrogens with zero attached hydrogens (tertiary/aromatic N) is 2. The van der Waals surface area contributed by atoms with E-state index in [0.717, 1.165) is 25.7 Å². The summed E-state index contributed by atoms with van der Waals surface area (Å²) in [6.07, 6.45) is 33.0. The molecule has 6 aliphatic rings. The molecule has 11 rings (SSSR count). The minimum atomic E-state index is 0.373. The molecule has 2 nitrogen and oxygen atoms in total. The highest BCUT2D eigenvalue weighted by Crippen LogP contribution is 2.59. The quantitative estimate of drug-likeness (QED) is 0.181. The van der Waals surface area contributed by atoms with E-state index in [9.17, 15) is 0 Å². The Balaban J connectivity index is 1.14. The van der Waals surface area contributed by atoms with Crippen molar-refractivity contribution in [3.05, 3.63) is 198 Å². The van der Waals surface area contributed by atoms with Crippen LogP contribution in [0.5, 0.6) is 0 Å². The van der Waals surface area contributed by atoms with Crippen LogP contribution in [0.3, 0.4) is 0 Å². The summed E-state index contributed by atoms with van der Waals surface area (Å²) >= 11 is 0. The highest BCUT2D eigenvalue weighted by atomic mass is 15.2. The molecule has 0 aliphatic heterocycles. The summed E-state index contributed by atoms with van der Waals surface area (Å²) in [7, 11) is 0. The highest BCUT2D eigenvalue weighted by Gasteiger charge is 2.48. The van der Waals surface area contributed by atoms with Crippen LogP contribution in [-0.4, -0.2) is 4.57 Å². The van der Waals surface area contributed by atoms with Crippen molar-refractivity contribution < 1.29 is 0 Å². The zero-order valence-electron chi connectivity index (χ0n) is 29.2. The molecule has 0 N–H and O–H groups in total. The molecule has 0 spiro atoms. The Morgan fingerprint density at radius 3 is 2.31 bits per heavy atom. The maximum absolute atomic E-state index is 2.58. The van der Waals surface area contributed by atoms with Gasteiger partial charge < -0.3 is 9.47 Å². The lowest BCUT2D eigenvalue weighted by Crippen LogP contribution is -2.30. The molecule has 1 heterocycles. The van der Waals surface area contributed by atoms with Crippen molar-refractivity contribution in [3.8, 4) is 11.1 Å². The van der Waals surface area contributed by atoms with Gasteiger partial charge in [-0.3, -0.25) is 0 Å². The molecule has 0 amide bonds. The van der Waals surface area contributed by atoms with Crippen molar-refractivity contribution in [2.45, 2.75) is 25.7 Å². The number of fused-ring (bicyclic) bond motifs is 8. The Hall–Kier alpha value is -5.86. The minimum Gasteiger partial charge on any atom is -0.310 e. The Morgan fingerprint density at radius 1 is 0.615 bits per heavy atom. The summed E-state index contributed by atoms with van der Waals surface area (Å²) in [5.74, 6) is 1.63. The first kappa shape index (κ1) is 29.8. The number of rotatable bonds is 5. The van der Waals surface area contributed by atoms with Crippen LogP contribution < -0.4 is 4.90 Å². The maximum atomic E-state index is 2.58. The lowest BCUT2D eigenvalue weighted by molar-refractivity contribution is 0.495. The van der Waals surface area contributed by atoms with E-state index in [-0.39, 0.29) is 0 Å². The number of allylic oxidation sites excluding steroid dienone is 17. The summed E-state index contributed by atoms with van der Waals surface area (Å²) in [4.78, 5) is 2.58. The van der Waals surface area contributed by atoms with Crippen LogP contribution in [0.1, 0.15) is 25.7 Å². The van der Waals surface area contributed by atoms with Crippen molar-refractivity contribution in [1.82, 2.24) is 4.57 Å². The molecule has 2 heteroatoms. The molecule has 0 radical (unpaired) electrons. The van der Waals surface area contributed by atoms with Crippen LogP contribution in [0.2, 0.25) is 0 Å². The largest absolute Gasteiger partial charge is 0.310 e. The topological polar surface area (TPSA) is 8.17 Å². The molecular weight excluding hydrogens is 629 g/mol. The first-order valence-corrected chi connectivity index (χ1v) is 19.1. The van der Waals surface area contributed by atoms with Crippen LogP contribution in [0.25, 0.3) is 38.6 Å². The second kappa shape index (κ2) is 11.9. The molecule has 0 fully saturated rings. The van der Waals surface area contributed by atoms with Gasteiger partial charge in [-0.15, -0.1) is 0 Å². The van der Waals surface area contributed by atoms with Gasteiger partial charge in [0.1, 0.15) is 0 Å². The SMILES string of the molecule is C1=CC2=CC3CC=CC4=C3C(C3=C(N(c5ccc(-c6ccccc6)cc5)c5ccc6c(c5)c5ccccc5n6C5=CCCC=C5)C=CCC43)C2C=C1. The number of hydrogen-bond donors (Lipinski definition) is 0. The smallest absolute Gasteiger partial charge is 0.0542 e. The predicted octanol–water partition coefficient (Wildman–Crippen LogP) is 12.8. The number of benzene rings is 4. The summed E-state index contributed by atoms with van der Waals surface area (Å²) in [6, 6.07) is 36.1. The number of hydrogen-bond acceptors (Lipinski definition) is 1. The van der Waals surface area contributed by atoms with Crippen LogP contribution in [0, 0.1) is 23.7 Å². The van der Waals surface area contributed by atoms with Crippen LogP contribution >= 0.6 is 0 Å². The van der Waals surface area contributed by atoms with E-state index < -0.39 is 0 Å². The lowest BCUT2D eigenvalue weighted by atomic mass is 9.67. The van der Waals surface area contributed by atoms with Gasteiger partial charge in [0, 0.05) is 57.2 Å². The van der Waals surface area contributed by atoms with Gasteiger partial charge in [0.05, 0.1) is 11.0 Å². The predicted molar refractivity (Wildman–Crippen MR) is 218 cm³/mol. The molecule has 250 valence electrons. The normalized spacial score (nSPS) is 23.9. The fourth-order valence-electron chi connectivity index (χ4n) is 10.1. The van der Waals surface area contributed by atoms with Crippen molar-refractivity contribution in [2.24, 2.45) is 23.7 Å². The first-order chi connectivity index (χ1) is 25.8. The average molecular weight is 669 g/mol. The molecule has 5 aromatic rings. The van der Waals surface area contributed by atoms with Gasteiger partial charge in [0.15, 0.2) is 0 Å². The number of anilines is 2. The van der Waals surface area contributed by atoms with E-state index in [1.165, 1.54) is 61.3 Å². The standard InChI is InChI=1S/C50H40N2/c1-3-13-33(14-4-1)34-25-27-38(28-26-34)51(39-29-30-46-44(32-39)41-20-9-10-23-45(41)52(46)37-17-5-2-6-18-37)47-24-12-22-43-42-21-11-16-36-31-35-15-7-8-19-40(35)50(48(36)42)49(43)47/h1,3-5,7-15,17-21,23-32,36,40,43,50H,2,6,16,22H2. The molecular formula is C50H40N2. The van der Waals surface area contributed by atoms with Crippen molar-refractivity contribution in [2.75, 3.05) is 4.90 Å². The molecule has 4 aromatic carbocycles. The highest BCUT2D eigenvalue weighted by molar-refractivity contribution is 6.11. The van der Waals surface area contributed by atoms with Gasteiger partial charge in [0.25, 0.3) is 0 Å². The molecule has 6 aliphatic carbocycles. The van der Waals surface area contributed by atoms with Crippen molar-refractivity contribution in [3.63, 3.8) is 0 Å². The molecule has 52 heavy (non-hydrogen) atoms. The third-order valence-corrected chi connectivity index (χ3v) is 12.3. The van der Waals surface area contributed by atoms with E-state index in [4.69, 9.17) is 0 Å². The van der Waals surface area contributed by atoms with Gasteiger partial charge in [0.2, 0.25) is 0 Å². The number of para-hydroxylation sites is 1. The van der Waals surface area contributed by atoms with Crippen LogP contribution in [0.15, 0.2) is 198 Å². The summed E-state index contributed by atoms with van der Waals surface area (Å²) in [5, 5.41) is 2.58. The van der Waals surface area contributed by atoms with Crippen LogP contribution in [-0.2, 0) is 0 Å². The monoisotopic (exact) mass is 668 g/mol. The zero-order chi connectivity index (χ0) is 34.2. The van der Waals surface area contributed by atoms with Crippen molar-refractivity contribution in [1.29, 1.82) is 0 Å². The molecule has 0 saturated carbocycles. The average Bonchev–Trinajstić information content (AvgIpc) is 3.73. The maximum Gasteiger partial charge on any atom is 0.0542 e. The van der Waals surface area contributed by atoms with Gasteiger partial charge in [-0.25, -0.2) is 0 Å². The number of aromatic nitrogens is 1. The van der Waals surface area contributed by atoms with Gasteiger partial charge >= 0.3 is 0 Å². The fraction of sp³-hybridized carbons (Fsp3) is 0.160. The Bertz CT molecular complexity index is 2570. The second-order valence-corrected chi connectivity index (χ2v) is 15.0. The Labute approximate surface area is 305 Å². The third-order valence-electron chi connectivity index (χ3n) is 12.3. The Morgan fingerprint density at radius 2 is 1.42 bits per heavy atom. The van der Waals surface area contributed by atoms with E-state index in [2.05, 4.69) is 179 Å². The zero-order valence-corrected chi connectivity index (χ0v) is 29.2. The molecule has 4 atom stereocenters. The molecule has 0 saturated heterocycles. The second-order valence-electron chi connectivity index (χ2n) is 15.0. The van der Waals surface area contributed by atoms with E-state index in [0.29, 0.717) is 23.7 Å². The first-order valence-electron chi connectivity index (χ1n) is 19.1. The molecule has 1 aromatic heterocycles. The third kappa shape index (κ3) is 4.50. The molecule has 4 unspecified atom stereocenters. The van der Waals surface area contributed by atoms with Gasteiger partial charge in [-0.2, -0.15) is 0 Å². The fourth-order valence-corrected chi connectivity index (χ4v) is 10.1. The summed E-state index contributed by atoms with van der Waals surface area (Å²) in [5.41, 5.74) is 16.3. The lowest BCUT2D eigenvalue weighted by Gasteiger charge is -2.39. The summed E-state index contributed by atoms with van der Waals surface area (Å²) < 4.78 is 2.46. The van der Waals surface area contributed by atoms with E-state index in [1.54, 1.807) is 16.7 Å².